The molecule has 3 N–H and O–H groups in total. The lowest BCUT2D eigenvalue weighted by Crippen LogP contribution is -2.41. The van der Waals surface area contributed by atoms with E-state index < -0.39 is 5.60 Å². The summed E-state index contributed by atoms with van der Waals surface area (Å²) in [6.07, 6.45) is 0.813. The van der Waals surface area contributed by atoms with Crippen molar-refractivity contribution in [3.63, 3.8) is 0 Å². The van der Waals surface area contributed by atoms with Crippen molar-refractivity contribution >= 4 is 41.7 Å². The van der Waals surface area contributed by atoms with E-state index in [2.05, 4.69) is 48.5 Å². The molecule has 1 aliphatic rings. The van der Waals surface area contributed by atoms with Crippen molar-refractivity contribution in [2.24, 2.45) is 10.9 Å². The number of hydrogen-bond acceptors (Lipinski definition) is 4. The predicted octanol–water partition coefficient (Wildman–Crippen LogP) is 3.82. The molecule has 1 aromatic rings. The topological polar surface area (TPSA) is 65.9 Å². The first kappa shape index (κ1) is 24.4. The Kier molecular flexibility index (Phi) is 10.8. The maximum Gasteiger partial charge on any atom is 0.191 e. The van der Waals surface area contributed by atoms with Gasteiger partial charge in [0.05, 0.1) is 24.8 Å². The van der Waals surface area contributed by atoms with Crippen molar-refractivity contribution in [1.29, 1.82) is 0 Å². The smallest absolute Gasteiger partial charge is 0.191 e. The molecule has 1 aromatic carbocycles. The van der Waals surface area contributed by atoms with E-state index in [4.69, 9.17) is 4.74 Å². The average Bonchev–Trinajstić information content (AvgIpc) is 3.05. The highest BCUT2D eigenvalue weighted by Crippen LogP contribution is 2.28. The van der Waals surface area contributed by atoms with Gasteiger partial charge in [-0.1, -0.05) is 26.0 Å². The summed E-state index contributed by atoms with van der Waals surface area (Å²) in [5.41, 5.74) is 0.508. The van der Waals surface area contributed by atoms with Gasteiger partial charge in [0.2, 0.25) is 0 Å². The summed E-state index contributed by atoms with van der Waals surface area (Å²) in [5.74, 6) is 3.94. The Bertz CT molecular complexity index is 575. The van der Waals surface area contributed by atoms with E-state index in [-0.39, 0.29) is 30.0 Å². The van der Waals surface area contributed by atoms with Crippen LogP contribution in [0.2, 0.25) is 0 Å². The molecular weight excluding hydrogens is 473 g/mol. The molecule has 0 bridgehead atoms. The fraction of sp³-hybridized carbons (Fsp3) is 0.650. The predicted molar refractivity (Wildman–Crippen MR) is 127 cm³/mol. The number of rotatable bonds is 8. The van der Waals surface area contributed by atoms with Crippen LogP contribution in [0.15, 0.2) is 29.3 Å². The summed E-state index contributed by atoms with van der Waals surface area (Å²) in [4.78, 5) is 4.61. The lowest BCUT2D eigenvalue weighted by Gasteiger charge is -2.22. The zero-order valence-corrected chi connectivity index (χ0v) is 20.0. The van der Waals surface area contributed by atoms with Gasteiger partial charge >= 0.3 is 0 Å². The Morgan fingerprint density at radius 3 is 2.56 bits per heavy atom. The fourth-order valence-corrected chi connectivity index (χ4v) is 3.96. The van der Waals surface area contributed by atoms with Crippen molar-refractivity contribution in [3.05, 3.63) is 29.8 Å². The largest absolute Gasteiger partial charge is 0.493 e. The number of hydrogen-bond donors (Lipinski definition) is 3. The first-order chi connectivity index (χ1) is 12.4. The van der Waals surface area contributed by atoms with E-state index in [1.165, 1.54) is 5.56 Å². The number of thioether (sulfide) groups is 1. The van der Waals surface area contributed by atoms with E-state index in [1.54, 1.807) is 11.8 Å². The molecule has 5 nitrogen and oxygen atoms in total. The van der Waals surface area contributed by atoms with E-state index >= 15 is 0 Å². The highest BCUT2D eigenvalue weighted by Gasteiger charge is 2.31. The van der Waals surface area contributed by atoms with Crippen LogP contribution in [-0.4, -0.2) is 47.9 Å². The number of halogens is 1. The maximum atomic E-state index is 10.5. The zero-order valence-electron chi connectivity index (χ0n) is 16.8. The molecule has 2 atom stereocenters. The molecular formula is C20H34IN3O2S. The van der Waals surface area contributed by atoms with Crippen molar-refractivity contribution in [2.45, 2.75) is 45.8 Å². The molecule has 0 aliphatic carbocycles. The van der Waals surface area contributed by atoms with Crippen molar-refractivity contribution in [2.75, 3.05) is 31.2 Å². The third-order valence-corrected chi connectivity index (χ3v) is 5.51. The molecule has 0 radical (unpaired) electrons. The van der Waals surface area contributed by atoms with Crippen LogP contribution in [0.25, 0.3) is 0 Å². The van der Waals surface area contributed by atoms with Gasteiger partial charge in [0.25, 0.3) is 0 Å². The minimum Gasteiger partial charge on any atom is -0.493 e. The van der Waals surface area contributed by atoms with Crippen LogP contribution in [0.1, 0.15) is 45.7 Å². The van der Waals surface area contributed by atoms with E-state index in [9.17, 15) is 5.11 Å². The standard InChI is InChI=1S/C20H33N3O2S.HI/c1-5-21-19(22-13-20(24)10-11-26-14-20)23-16(4)17-6-8-18(9-7-17)25-12-15(2)3;/h6-9,15-16,24H,5,10-14H2,1-4H3,(H2,21,22,23);1H. The Morgan fingerprint density at radius 2 is 2.00 bits per heavy atom. The van der Waals surface area contributed by atoms with Crippen LogP contribution in [0.4, 0.5) is 0 Å². The third-order valence-electron chi connectivity index (χ3n) is 4.27. The van der Waals surface area contributed by atoms with Gasteiger partial charge in [0, 0.05) is 12.3 Å². The summed E-state index contributed by atoms with van der Waals surface area (Å²) in [7, 11) is 0. The van der Waals surface area contributed by atoms with Crippen LogP contribution in [0.5, 0.6) is 5.75 Å². The highest BCUT2D eigenvalue weighted by molar-refractivity contribution is 14.0. The van der Waals surface area contributed by atoms with Gasteiger partial charge < -0.3 is 20.5 Å². The molecule has 7 heteroatoms. The van der Waals surface area contributed by atoms with Crippen molar-refractivity contribution in [1.82, 2.24) is 10.6 Å². The fourth-order valence-electron chi connectivity index (χ4n) is 2.67. The van der Waals surface area contributed by atoms with Crippen LogP contribution in [0.3, 0.4) is 0 Å². The SMILES string of the molecule is CCNC(=NCC1(O)CCSC1)NC(C)c1ccc(OCC(C)C)cc1.I. The second-order valence-electron chi connectivity index (χ2n) is 7.36. The Labute approximate surface area is 185 Å². The van der Waals surface area contributed by atoms with E-state index in [1.807, 2.05) is 19.1 Å². The number of guanidine groups is 1. The summed E-state index contributed by atoms with van der Waals surface area (Å²) in [5, 5.41) is 17.2. The molecule has 27 heavy (non-hydrogen) atoms. The second-order valence-corrected chi connectivity index (χ2v) is 8.47. The normalized spacial score (nSPS) is 20.9. The van der Waals surface area contributed by atoms with Crippen LogP contribution < -0.4 is 15.4 Å². The summed E-state index contributed by atoms with van der Waals surface area (Å²) in [6.45, 7) is 10.4. The van der Waals surface area contributed by atoms with Gasteiger partial charge in [0.15, 0.2) is 5.96 Å². The van der Waals surface area contributed by atoms with E-state index in [0.29, 0.717) is 12.5 Å². The molecule has 0 spiro atoms. The number of aliphatic imine (C=N–C) groups is 1. The van der Waals surface area contributed by atoms with Crippen molar-refractivity contribution in [3.8, 4) is 5.75 Å². The molecule has 154 valence electrons. The lowest BCUT2D eigenvalue weighted by molar-refractivity contribution is 0.0778. The number of ether oxygens (including phenoxy) is 1. The number of benzene rings is 1. The van der Waals surface area contributed by atoms with E-state index in [0.717, 1.165) is 42.8 Å². The molecule has 1 fully saturated rings. The van der Waals surface area contributed by atoms with Crippen molar-refractivity contribution < 1.29 is 9.84 Å². The molecule has 2 rings (SSSR count). The molecule has 2 unspecified atom stereocenters. The molecule has 1 heterocycles. The monoisotopic (exact) mass is 507 g/mol. The summed E-state index contributed by atoms with van der Waals surface area (Å²) < 4.78 is 5.74. The maximum absolute atomic E-state index is 10.5. The average molecular weight is 507 g/mol. The minimum atomic E-state index is -0.661. The molecule has 1 aliphatic heterocycles. The quantitative estimate of drug-likeness (QED) is 0.284. The zero-order chi connectivity index (χ0) is 19.0. The van der Waals surface area contributed by atoms with Crippen LogP contribution in [0, 0.1) is 5.92 Å². The van der Waals surface area contributed by atoms with Gasteiger partial charge in [-0.15, -0.1) is 24.0 Å². The van der Waals surface area contributed by atoms with Gasteiger partial charge in [-0.2, -0.15) is 11.8 Å². The second kappa shape index (κ2) is 12.0. The Morgan fingerprint density at radius 1 is 1.30 bits per heavy atom. The first-order valence-corrected chi connectivity index (χ1v) is 10.6. The van der Waals surface area contributed by atoms with Gasteiger partial charge in [-0.05, 0) is 49.6 Å². The summed E-state index contributed by atoms with van der Waals surface area (Å²) in [6, 6.07) is 8.30. The number of aliphatic hydroxyl groups is 1. The number of nitrogens with zero attached hydrogens (tertiary/aromatic N) is 1. The Balaban J connectivity index is 0.00000364. The van der Waals surface area contributed by atoms with Crippen LogP contribution >= 0.6 is 35.7 Å². The lowest BCUT2D eigenvalue weighted by atomic mass is 10.0. The summed E-state index contributed by atoms with van der Waals surface area (Å²) >= 11 is 1.79. The Hall–Kier alpha value is -0.670. The molecule has 0 saturated carbocycles. The van der Waals surface area contributed by atoms with Crippen LogP contribution in [-0.2, 0) is 0 Å². The number of nitrogens with one attached hydrogen (secondary N) is 2. The molecule has 0 amide bonds. The third kappa shape index (κ3) is 8.48. The van der Waals surface area contributed by atoms with Gasteiger partial charge in [-0.3, -0.25) is 4.99 Å². The minimum absolute atomic E-state index is 0. The molecule has 0 aromatic heterocycles. The molecule has 1 saturated heterocycles. The van der Waals surface area contributed by atoms with Gasteiger partial charge in [0.1, 0.15) is 5.75 Å². The first-order valence-electron chi connectivity index (χ1n) is 9.49. The van der Waals surface area contributed by atoms with Gasteiger partial charge in [-0.25, -0.2) is 0 Å². The highest BCUT2D eigenvalue weighted by atomic mass is 127.